The lowest BCUT2D eigenvalue weighted by molar-refractivity contribution is -0.385. The van der Waals surface area contributed by atoms with E-state index >= 15 is 0 Å². The van der Waals surface area contributed by atoms with Crippen LogP contribution in [-0.2, 0) is 6.61 Å². The molecule has 0 heterocycles. The highest BCUT2D eigenvalue weighted by molar-refractivity contribution is 14.1. The van der Waals surface area contributed by atoms with Crippen molar-refractivity contribution in [2.75, 3.05) is 0 Å². The lowest BCUT2D eigenvalue weighted by Crippen LogP contribution is -1.98. The summed E-state index contributed by atoms with van der Waals surface area (Å²) in [5.41, 5.74) is 0.295. The van der Waals surface area contributed by atoms with Gasteiger partial charge >= 0.3 is 0 Å². The molecule has 5 nitrogen and oxygen atoms in total. The van der Waals surface area contributed by atoms with Crippen LogP contribution in [0, 0.1) is 25.0 Å². The average molecular weight is 304 g/mol. The number of nitrogens with zero attached hydrogens (tertiary/aromatic N) is 2. The fourth-order valence-electron chi connectivity index (χ4n) is 0.990. The number of hydrogen-bond acceptors (Lipinski definition) is 4. The molecule has 0 amide bonds. The number of nitro groups is 1. The van der Waals surface area contributed by atoms with Crippen LogP contribution in [0.5, 0.6) is 0 Å². The van der Waals surface area contributed by atoms with Crippen molar-refractivity contribution < 1.29 is 10.0 Å². The topological polar surface area (TPSA) is 87.2 Å². The van der Waals surface area contributed by atoms with E-state index in [-0.39, 0.29) is 17.9 Å². The van der Waals surface area contributed by atoms with Crippen LogP contribution in [0.15, 0.2) is 12.1 Å². The van der Waals surface area contributed by atoms with Gasteiger partial charge in [-0.25, -0.2) is 0 Å². The second kappa shape index (κ2) is 4.34. The second-order valence-corrected chi connectivity index (χ2v) is 3.54. The van der Waals surface area contributed by atoms with E-state index in [0.29, 0.717) is 9.13 Å². The molecule has 0 aliphatic carbocycles. The molecule has 0 aliphatic rings. The largest absolute Gasteiger partial charge is 0.392 e. The molecule has 0 saturated heterocycles. The van der Waals surface area contributed by atoms with E-state index in [1.54, 1.807) is 6.07 Å². The molecule has 0 aromatic heterocycles. The molecule has 1 aromatic rings. The first-order chi connectivity index (χ1) is 6.61. The number of aliphatic hydroxyl groups excluding tert-OH is 1. The monoisotopic (exact) mass is 304 g/mol. The van der Waals surface area contributed by atoms with Gasteiger partial charge in [-0.3, -0.25) is 10.1 Å². The third-order valence-electron chi connectivity index (χ3n) is 1.68. The molecular weight excluding hydrogens is 299 g/mol. The summed E-state index contributed by atoms with van der Waals surface area (Å²) in [6, 6.07) is 4.43. The molecule has 0 fully saturated rings. The van der Waals surface area contributed by atoms with Gasteiger partial charge in [0.15, 0.2) is 0 Å². The van der Waals surface area contributed by atoms with E-state index in [1.165, 1.54) is 12.1 Å². The smallest absolute Gasteiger partial charge is 0.288 e. The van der Waals surface area contributed by atoms with Crippen LogP contribution in [0.3, 0.4) is 0 Å². The molecule has 0 unspecified atom stereocenters. The molecule has 0 bridgehead atoms. The van der Waals surface area contributed by atoms with Gasteiger partial charge in [0.25, 0.3) is 5.69 Å². The third-order valence-corrected chi connectivity index (χ3v) is 2.91. The highest BCUT2D eigenvalue weighted by Gasteiger charge is 2.18. The maximum absolute atomic E-state index is 10.5. The summed E-state index contributed by atoms with van der Waals surface area (Å²) in [6.45, 7) is -0.231. The lowest BCUT2D eigenvalue weighted by atomic mass is 10.1. The van der Waals surface area contributed by atoms with Crippen LogP contribution in [0.4, 0.5) is 5.69 Å². The van der Waals surface area contributed by atoms with Crippen molar-refractivity contribution >= 4 is 28.3 Å². The summed E-state index contributed by atoms with van der Waals surface area (Å²) in [5, 5.41) is 28.1. The second-order valence-electron chi connectivity index (χ2n) is 2.46. The summed E-state index contributed by atoms with van der Waals surface area (Å²) in [5.74, 6) is 0. The van der Waals surface area contributed by atoms with E-state index in [4.69, 9.17) is 10.4 Å². The predicted molar refractivity (Wildman–Crippen MR) is 56.5 cm³/mol. The van der Waals surface area contributed by atoms with Gasteiger partial charge in [-0.05, 0) is 34.2 Å². The highest BCUT2D eigenvalue weighted by Crippen LogP contribution is 2.26. The first kappa shape index (κ1) is 10.9. The zero-order chi connectivity index (χ0) is 10.7. The normalized spacial score (nSPS) is 9.50. The Balaban J connectivity index is 3.45. The Morgan fingerprint density at radius 1 is 1.64 bits per heavy atom. The minimum Gasteiger partial charge on any atom is -0.392 e. The van der Waals surface area contributed by atoms with Crippen LogP contribution in [0.2, 0.25) is 0 Å². The first-order valence-electron chi connectivity index (χ1n) is 3.58. The summed E-state index contributed by atoms with van der Waals surface area (Å²) in [6.07, 6.45) is 0. The molecule has 6 heteroatoms. The molecule has 1 aromatic carbocycles. The van der Waals surface area contributed by atoms with E-state index in [9.17, 15) is 10.1 Å². The van der Waals surface area contributed by atoms with Gasteiger partial charge in [0.05, 0.1) is 11.5 Å². The Kier molecular flexibility index (Phi) is 3.38. The fraction of sp³-hybridized carbons (Fsp3) is 0.125. The quantitative estimate of drug-likeness (QED) is 0.510. The van der Waals surface area contributed by atoms with Crippen LogP contribution < -0.4 is 0 Å². The summed E-state index contributed by atoms with van der Waals surface area (Å²) in [7, 11) is 0. The molecule has 0 saturated carbocycles. The molecule has 0 spiro atoms. The van der Waals surface area contributed by atoms with Gasteiger partial charge in [0.1, 0.15) is 11.6 Å². The number of aliphatic hydroxyl groups is 1. The number of halogens is 1. The van der Waals surface area contributed by atoms with Crippen molar-refractivity contribution in [2.45, 2.75) is 6.61 Å². The molecule has 0 radical (unpaired) electrons. The molecule has 0 atom stereocenters. The Bertz CT molecular complexity index is 425. The van der Waals surface area contributed by atoms with Crippen molar-refractivity contribution in [1.82, 2.24) is 0 Å². The molecule has 0 aliphatic heterocycles. The van der Waals surface area contributed by atoms with Gasteiger partial charge in [-0.1, -0.05) is 0 Å². The number of nitriles is 1. The van der Waals surface area contributed by atoms with Crippen LogP contribution in [-0.4, -0.2) is 10.0 Å². The predicted octanol–water partition coefficient (Wildman–Crippen LogP) is 1.56. The maximum Gasteiger partial charge on any atom is 0.288 e. The Labute approximate surface area is 93.3 Å². The van der Waals surface area contributed by atoms with Crippen molar-refractivity contribution in [3.63, 3.8) is 0 Å². The minimum atomic E-state index is -0.609. The van der Waals surface area contributed by atoms with Gasteiger partial charge in [-0.15, -0.1) is 0 Å². The molecule has 14 heavy (non-hydrogen) atoms. The van der Waals surface area contributed by atoms with Crippen LogP contribution in [0.25, 0.3) is 0 Å². The zero-order valence-electron chi connectivity index (χ0n) is 6.90. The highest BCUT2D eigenvalue weighted by atomic mass is 127. The zero-order valence-corrected chi connectivity index (χ0v) is 9.06. The standard InChI is InChI=1S/C8H5IN2O3/c9-8-5(4-12)1-2-7(11(13)14)6(8)3-10/h1-2,12H,4H2. The fourth-order valence-corrected chi connectivity index (χ4v) is 1.74. The lowest BCUT2D eigenvalue weighted by Gasteiger charge is -2.02. The van der Waals surface area contributed by atoms with Crippen molar-refractivity contribution in [3.8, 4) is 6.07 Å². The Hall–Kier alpha value is -1.20. The van der Waals surface area contributed by atoms with Crippen molar-refractivity contribution in [2.24, 2.45) is 0 Å². The molecular formula is C8H5IN2O3. The van der Waals surface area contributed by atoms with Gasteiger partial charge in [0.2, 0.25) is 0 Å². The van der Waals surface area contributed by atoms with Gasteiger partial charge in [-0.2, -0.15) is 5.26 Å². The Morgan fingerprint density at radius 3 is 2.71 bits per heavy atom. The maximum atomic E-state index is 10.5. The number of benzene rings is 1. The summed E-state index contributed by atoms with van der Waals surface area (Å²) >= 11 is 1.81. The molecule has 1 N–H and O–H groups in total. The minimum absolute atomic E-state index is 0.00199. The summed E-state index contributed by atoms with van der Waals surface area (Å²) < 4.78 is 0.432. The van der Waals surface area contributed by atoms with Gasteiger partial charge in [0, 0.05) is 9.64 Å². The Morgan fingerprint density at radius 2 is 2.29 bits per heavy atom. The van der Waals surface area contributed by atoms with Gasteiger partial charge < -0.3 is 5.11 Å². The summed E-state index contributed by atoms with van der Waals surface area (Å²) in [4.78, 5) is 9.91. The number of hydrogen-bond donors (Lipinski definition) is 1. The van der Waals surface area contributed by atoms with Crippen molar-refractivity contribution in [1.29, 1.82) is 5.26 Å². The van der Waals surface area contributed by atoms with E-state index < -0.39 is 4.92 Å². The number of nitro benzene ring substituents is 1. The van der Waals surface area contributed by atoms with E-state index in [2.05, 4.69) is 0 Å². The van der Waals surface area contributed by atoms with E-state index in [0.717, 1.165) is 0 Å². The first-order valence-corrected chi connectivity index (χ1v) is 4.66. The SMILES string of the molecule is N#Cc1c([N+](=O)[O-])ccc(CO)c1I. The van der Waals surface area contributed by atoms with Crippen LogP contribution >= 0.6 is 22.6 Å². The van der Waals surface area contributed by atoms with Crippen LogP contribution in [0.1, 0.15) is 11.1 Å². The number of rotatable bonds is 2. The third kappa shape index (κ3) is 1.83. The average Bonchev–Trinajstić information content (AvgIpc) is 2.17. The molecule has 1 rings (SSSR count). The van der Waals surface area contributed by atoms with Crippen molar-refractivity contribution in [3.05, 3.63) is 36.9 Å². The molecule has 72 valence electrons. The van der Waals surface area contributed by atoms with E-state index in [1.807, 2.05) is 22.6 Å².